The van der Waals surface area contributed by atoms with Crippen LogP contribution in [0.2, 0.25) is 5.02 Å². The van der Waals surface area contributed by atoms with Crippen molar-refractivity contribution in [3.05, 3.63) is 105 Å². The quantitative estimate of drug-likeness (QED) is 0.178. The largest absolute Gasteiger partial charge is 0.497 e. The molecule has 2 atom stereocenters. The Morgan fingerprint density at radius 2 is 1.83 bits per heavy atom. The Morgan fingerprint density at radius 1 is 1.00 bits per heavy atom. The van der Waals surface area contributed by atoms with Crippen LogP contribution in [-0.2, 0) is 19.5 Å². The number of aromatic nitrogens is 5. The van der Waals surface area contributed by atoms with Gasteiger partial charge in [0.1, 0.15) is 22.8 Å². The van der Waals surface area contributed by atoms with E-state index in [9.17, 15) is 0 Å². The van der Waals surface area contributed by atoms with Gasteiger partial charge in [0.05, 0.1) is 36.4 Å². The zero-order valence-corrected chi connectivity index (χ0v) is 24.7. The van der Waals surface area contributed by atoms with E-state index in [2.05, 4.69) is 26.6 Å². The second-order valence-corrected chi connectivity index (χ2v) is 11.1. The lowest BCUT2D eigenvalue weighted by Crippen LogP contribution is -2.26. The van der Waals surface area contributed by atoms with Crippen molar-refractivity contribution in [2.45, 2.75) is 38.4 Å². The van der Waals surface area contributed by atoms with E-state index in [0.717, 1.165) is 49.5 Å². The molecule has 41 heavy (non-hydrogen) atoms. The summed E-state index contributed by atoms with van der Waals surface area (Å²) in [4.78, 5) is 15.1. The van der Waals surface area contributed by atoms with Crippen LogP contribution in [0.25, 0.3) is 10.7 Å². The topological polar surface area (TPSA) is 124 Å². The number of rotatable bonds is 12. The molecule has 0 spiro atoms. The third-order valence-corrected chi connectivity index (χ3v) is 8.16. The van der Waals surface area contributed by atoms with Crippen molar-refractivity contribution >= 4 is 22.9 Å². The lowest BCUT2D eigenvalue weighted by atomic mass is 9.97. The van der Waals surface area contributed by atoms with Crippen molar-refractivity contribution < 1.29 is 9.47 Å². The number of methoxy groups -OCH3 is 2. The van der Waals surface area contributed by atoms with E-state index in [1.165, 1.54) is 6.33 Å². The van der Waals surface area contributed by atoms with Crippen LogP contribution in [0.4, 0.5) is 0 Å². The van der Waals surface area contributed by atoms with Crippen molar-refractivity contribution in [1.82, 2.24) is 30.5 Å². The van der Waals surface area contributed by atoms with Crippen molar-refractivity contribution in [3.8, 4) is 22.2 Å². The molecule has 3 aromatic heterocycles. The second kappa shape index (κ2) is 13.2. The maximum atomic E-state index is 6.57. The third kappa shape index (κ3) is 6.91. The van der Waals surface area contributed by atoms with Gasteiger partial charge in [-0.3, -0.25) is 10.1 Å². The molecule has 0 aliphatic carbocycles. The summed E-state index contributed by atoms with van der Waals surface area (Å²) in [5.74, 6) is 2.03. The Labute approximate surface area is 248 Å². The molecule has 212 valence electrons. The van der Waals surface area contributed by atoms with Gasteiger partial charge in [0, 0.05) is 48.4 Å². The first-order chi connectivity index (χ1) is 19.9. The first kappa shape index (κ1) is 28.7. The van der Waals surface area contributed by atoms with Gasteiger partial charge in [-0.15, -0.1) is 11.3 Å². The summed E-state index contributed by atoms with van der Waals surface area (Å²) in [7, 11) is 3.30. The van der Waals surface area contributed by atoms with Gasteiger partial charge in [0.15, 0.2) is 5.82 Å². The number of ether oxygens (including phenoxy) is 2. The fourth-order valence-corrected chi connectivity index (χ4v) is 6.04. The second-order valence-electron chi connectivity index (χ2n) is 9.67. The molecule has 0 radical (unpaired) electrons. The summed E-state index contributed by atoms with van der Waals surface area (Å²) in [6.45, 7) is 3.28. The smallest absolute Gasteiger partial charge is 0.167 e. The van der Waals surface area contributed by atoms with Gasteiger partial charge in [-0.25, -0.2) is 9.97 Å². The minimum absolute atomic E-state index is 0.192. The molecule has 0 aliphatic rings. The number of nitrogens with two attached hydrogens (primary N) is 1. The highest BCUT2D eigenvalue weighted by Crippen LogP contribution is 2.36. The Morgan fingerprint density at radius 3 is 2.54 bits per heavy atom. The predicted octanol–water partition coefficient (Wildman–Crippen LogP) is 5.35. The predicted molar refractivity (Wildman–Crippen MR) is 162 cm³/mol. The molecule has 2 unspecified atom stereocenters. The maximum absolute atomic E-state index is 6.57. The Hall–Kier alpha value is -3.83. The van der Waals surface area contributed by atoms with Gasteiger partial charge >= 0.3 is 0 Å². The molecular weight excluding hydrogens is 558 g/mol. The summed E-state index contributed by atoms with van der Waals surface area (Å²) < 4.78 is 10.8. The first-order valence-electron chi connectivity index (χ1n) is 13.2. The van der Waals surface area contributed by atoms with Gasteiger partial charge in [-0.2, -0.15) is 5.10 Å². The third-order valence-electron chi connectivity index (χ3n) is 6.72. The monoisotopic (exact) mass is 589 g/mol. The highest BCUT2D eigenvalue weighted by atomic mass is 35.5. The number of thiazole rings is 1. The number of halogens is 1. The van der Waals surface area contributed by atoms with Crippen LogP contribution >= 0.6 is 22.9 Å². The highest BCUT2D eigenvalue weighted by molar-refractivity contribution is 7.15. The number of nitrogens with one attached hydrogen (secondary N) is 2. The van der Waals surface area contributed by atoms with E-state index >= 15 is 0 Å². The Balaban J connectivity index is 1.38. The van der Waals surface area contributed by atoms with Crippen LogP contribution in [0, 0.1) is 0 Å². The molecule has 5 aromatic rings. The molecule has 0 amide bonds. The van der Waals surface area contributed by atoms with E-state index in [4.69, 9.17) is 36.8 Å². The lowest BCUT2D eigenvalue weighted by molar-refractivity contribution is 0.390. The number of nitrogens with zero attached hydrogens (tertiary/aromatic N) is 4. The summed E-state index contributed by atoms with van der Waals surface area (Å²) in [5, 5.41) is 12.1. The van der Waals surface area contributed by atoms with Crippen LogP contribution < -0.4 is 20.5 Å². The lowest BCUT2D eigenvalue weighted by Gasteiger charge is -2.19. The fraction of sp³-hybridized carbons (Fsp3) is 0.267. The number of hydrogen-bond acceptors (Lipinski definition) is 9. The molecule has 9 nitrogen and oxygen atoms in total. The van der Waals surface area contributed by atoms with Gasteiger partial charge in [0.25, 0.3) is 0 Å². The molecule has 11 heteroatoms. The maximum Gasteiger partial charge on any atom is 0.167 e. The summed E-state index contributed by atoms with van der Waals surface area (Å²) >= 11 is 7.67. The molecule has 0 saturated carbocycles. The van der Waals surface area contributed by atoms with E-state index in [1.807, 2.05) is 61.7 Å². The van der Waals surface area contributed by atoms with Crippen molar-refractivity contribution in [2.75, 3.05) is 14.2 Å². The zero-order chi connectivity index (χ0) is 28.8. The van der Waals surface area contributed by atoms with Crippen molar-refractivity contribution in [3.63, 3.8) is 0 Å². The Bertz CT molecular complexity index is 1570. The molecule has 3 heterocycles. The minimum atomic E-state index is -0.216. The van der Waals surface area contributed by atoms with Gasteiger partial charge in [0.2, 0.25) is 0 Å². The van der Waals surface area contributed by atoms with E-state index < -0.39 is 0 Å². The first-order valence-corrected chi connectivity index (χ1v) is 14.4. The summed E-state index contributed by atoms with van der Waals surface area (Å²) in [5.41, 5.74) is 11.6. The molecule has 0 bridgehead atoms. The number of H-pyrrole nitrogens is 1. The molecular formula is C30H32ClN7O2S. The summed E-state index contributed by atoms with van der Waals surface area (Å²) in [6.07, 6.45) is 3.96. The average Bonchev–Trinajstić information content (AvgIpc) is 3.65. The van der Waals surface area contributed by atoms with Gasteiger partial charge in [-0.05, 0) is 48.4 Å². The van der Waals surface area contributed by atoms with Crippen LogP contribution in [0.15, 0.2) is 67.1 Å². The molecule has 0 fully saturated rings. The fourth-order valence-electron chi connectivity index (χ4n) is 4.65. The van der Waals surface area contributed by atoms with Crippen molar-refractivity contribution in [1.29, 1.82) is 0 Å². The van der Waals surface area contributed by atoms with Crippen LogP contribution in [0.5, 0.6) is 11.5 Å². The SMILES string of the molecule is COc1ccc(CNCc2ccnc(C(c3nc(Cc4ccc(Cl)cc4)c(-c4ncn[nH]4)s3)C(C)N)c2)c(OC)c1. The van der Waals surface area contributed by atoms with Crippen molar-refractivity contribution in [2.24, 2.45) is 5.73 Å². The number of pyridine rings is 1. The zero-order valence-electron chi connectivity index (χ0n) is 23.1. The van der Waals surface area contributed by atoms with Crippen LogP contribution in [0.1, 0.15) is 45.9 Å². The van der Waals surface area contributed by atoms with E-state index in [1.54, 1.807) is 25.6 Å². The van der Waals surface area contributed by atoms with Crippen LogP contribution in [-0.4, -0.2) is 45.4 Å². The molecule has 0 saturated heterocycles. The van der Waals surface area contributed by atoms with Gasteiger partial charge in [-0.1, -0.05) is 29.8 Å². The highest BCUT2D eigenvalue weighted by Gasteiger charge is 2.27. The van der Waals surface area contributed by atoms with Gasteiger partial charge < -0.3 is 20.5 Å². The number of benzene rings is 2. The summed E-state index contributed by atoms with van der Waals surface area (Å²) in [6, 6.07) is 17.5. The molecule has 5 rings (SSSR count). The molecule has 0 aliphatic heterocycles. The average molecular weight is 590 g/mol. The normalized spacial score (nSPS) is 12.7. The van der Waals surface area contributed by atoms with E-state index in [0.29, 0.717) is 30.4 Å². The Kier molecular flexibility index (Phi) is 9.25. The van der Waals surface area contributed by atoms with E-state index in [-0.39, 0.29) is 12.0 Å². The number of hydrogen-bond donors (Lipinski definition) is 3. The minimum Gasteiger partial charge on any atom is -0.497 e. The molecule has 4 N–H and O–H groups in total. The standard InChI is InChI=1S/C30H32ClN7O2S/c1-18(32)27(24-13-20(10-11-34-24)15-33-16-21-6-9-23(39-2)14-26(21)40-3)30-37-25(12-19-4-7-22(31)8-5-19)28(41-30)29-35-17-36-38-29/h4-11,13-14,17-18,27,33H,12,15-16,32H2,1-3H3,(H,35,36,38). The van der Waals surface area contributed by atoms with Crippen LogP contribution in [0.3, 0.4) is 0 Å². The molecule has 2 aromatic carbocycles. The number of aromatic amines is 1.